The Hall–Kier alpha value is -1.42. The lowest BCUT2D eigenvalue weighted by molar-refractivity contribution is -0.0948. The molecule has 158 valence electrons. The van der Waals surface area contributed by atoms with Gasteiger partial charge in [0.15, 0.2) is 0 Å². The van der Waals surface area contributed by atoms with E-state index in [9.17, 15) is 14.7 Å². The highest BCUT2D eigenvalue weighted by Gasteiger charge is 2.43. The van der Waals surface area contributed by atoms with E-state index in [0.29, 0.717) is 26.1 Å². The van der Waals surface area contributed by atoms with Crippen molar-refractivity contribution in [3.8, 4) is 0 Å². The standard InChI is InChI=1S/C19H31N3O6/c23-17-20(8-1-4-14-7-11-26-14)18(24)22(10-3-6-16-13-28-16)19(25)21(17)9-2-5-15-12-27-15/h14-16,19,25H,1-13H2. The lowest BCUT2D eigenvalue weighted by Gasteiger charge is -2.45. The molecule has 0 saturated carbocycles. The first-order valence-corrected chi connectivity index (χ1v) is 10.5. The number of amides is 4. The summed E-state index contributed by atoms with van der Waals surface area (Å²) in [6, 6.07) is -0.795. The molecule has 28 heavy (non-hydrogen) atoms. The molecular weight excluding hydrogens is 366 g/mol. The highest BCUT2D eigenvalue weighted by molar-refractivity contribution is 5.95. The van der Waals surface area contributed by atoms with E-state index >= 15 is 0 Å². The van der Waals surface area contributed by atoms with E-state index in [1.54, 1.807) is 0 Å². The highest BCUT2D eigenvalue weighted by atomic mass is 16.6. The van der Waals surface area contributed by atoms with Gasteiger partial charge in [-0.1, -0.05) is 0 Å². The highest BCUT2D eigenvalue weighted by Crippen LogP contribution is 2.24. The SMILES string of the molecule is O=C1N(CCCC2CCO2)C(=O)N(CCCC2CO2)C(O)N1CCCC1CO1. The van der Waals surface area contributed by atoms with Gasteiger partial charge in [0, 0.05) is 26.2 Å². The average Bonchev–Trinajstić information content (AvgIpc) is 3.53. The number of aliphatic hydroxyl groups is 1. The van der Waals surface area contributed by atoms with Crippen molar-refractivity contribution in [2.24, 2.45) is 0 Å². The smallest absolute Gasteiger partial charge is 0.331 e. The number of epoxide rings is 2. The number of nitrogens with zero attached hydrogens (tertiary/aromatic N) is 3. The molecule has 0 bridgehead atoms. The van der Waals surface area contributed by atoms with Crippen LogP contribution in [0.1, 0.15) is 44.9 Å². The predicted octanol–water partition coefficient (Wildman–Crippen LogP) is 1.35. The Labute approximate surface area is 165 Å². The Morgan fingerprint density at radius 1 is 0.786 bits per heavy atom. The zero-order valence-corrected chi connectivity index (χ0v) is 16.3. The van der Waals surface area contributed by atoms with Gasteiger partial charge in [-0.15, -0.1) is 0 Å². The van der Waals surface area contributed by atoms with Crippen LogP contribution in [0.15, 0.2) is 0 Å². The van der Waals surface area contributed by atoms with Crippen LogP contribution in [-0.2, 0) is 14.2 Å². The summed E-state index contributed by atoms with van der Waals surface area (Å²) in [6.45, 7) is 3.54. The van der Waals surface area contributed by atoms with Crippen molar-refractivity contribution in [2.75, 3.05) is 39.5 Å². The summed E-state index contributed by atoms with van der Waals surface area (Å²) >= 11 is 0. The van der Waals surface area contributed by atoms with Crippen LogP contribution in [0.3, 0.4) is 0 Å². The summed E-state index contributed by atoms with van der Waals surface area (Å²) < 4.78 is 15.9. The Kier molecular flexibility index (Phi) is 6.35. The molecule has 0 aromatic heterocycles. The van der Waals surface area contributed by atoms with Crippen molar-refractivity contribution in [3.05, 3.63) is 0 Å². The number of rotatable bonds is 12. The van der Waals surface area contributed by atoms with Gasteiger partial charge < -0.3 is 19.3 Å². The van der Waals surface area contributed by atoms with Gasteiger partial charge in [0.05, 0.1) is 31.5 Å². The number of imide groups is 1. The lowest BCUT2D eigenvalue weighted by atomic mass is 10.1. The number of hydrogen-bond donors (Lipinski definition) is 1. The molecule has 4 aliphatic heterocycles. The van der Waals surface area contributed by atoms with Crippen molar-refractivity contribution in [1.82, 2.24) is 14.7 Å². The second-order valence-corrected chi connectivity index (χ2v) is 8.07. The largest absolute Gasteiger partial charge is 0.378 e. The molecule has 4 aliphatic rings. The molecule has 0 spiro atoms. The zero-order valence-electron chi connectivity index (χ0n) is 16.3. The van der Waals surface area contributed by atoms with Gasteiger partial charge in [-0.2, -0.15) is 0 Å². The molecule has 4 saturated heterocycles. The van der Waals surface area contributed by atoms with Crippen molar-refractivity contribution in [3.63, 3.8) is 0 Å². The van der Waals surface area contributed by atoms with E-state index in [2.05, 4.69) is 0 Å². The van der Waals surface area contributed by atoms with Crippen molar-refractivity contribution < 1.29 is 28.9 Å². The monoisotopic (exact) mass is 397 g/mol. The van der Waals surface area contributed by atoms with Gasteiger partial charge in [-0.25, -0.2) is 14.5 Å². The minimum atomic E-state index is -1.20. The molecule has 0 aromatic rings. The van der Waals surface area contributed by atoms with E-state index in [4.69, 9.17) is 14.2 Å². The van der Waals surface area contributed by atoms with Gasteiger partial charge in [-0.05, 0) is 44.9 Å². The van der Waals surface area contributed by atoms with Crippen LogP contribution in [0.4, 0.5) is 9.59 Å². The molecule has 4 heterocycles. The van der Waals surface area contributed by atoms with Crippen LogP contribution in [0, 0.1) is 0 Å². The second kappa shape index (κ2) is 8.94. The summed E-state index contributed by atoms with van der Waals surface area (Å²) in [5.41, 5.74) is 0. The molecule has 0 aliphatic carbocycles. The van der Waals surface area contributed by atoms with Gasteiger partial charge in [0.1, 0.15) is 0 Å². The Morgan fingerprint density at radius 2 is 1.25 bits per heavy atom. The van der Waals surface area contributed by atoms with Crippen LogP contribution in [0.2, 0.25) is 0 Å². The first-order chi connectivity index (χ1) is 13.6. The third-order valence-corrected chi connectivity index (χ3v) is 5.87. The minimum absolute atomic E-state index is 0.255. The summed E-state index contributed by atoms with van der Waals surface area (Å²) in [6.07, 6.45) is 5.44. The molecule has 4 rings (SSSR count). The van der Waals surface area contributed by atoms with E-state index < -0.39 is 18.4 Å². The van der Waals surface area contributed by atoms with Gasteiger partial charge in [0.2, 0.25) is 6.35 Å². The quantitative estimate of drug-likeness (QED) is 0.499. The maximum absolute atomic E-state index is 12.9. The minimum Gasteiger partial charge on any atom is -0.378 e. The van der Waals surface area contributed by atoms with Gasteiger partial charge in [-0.3, -0.25) is 9.80 Å². The van der Waals surface area contributed by atoms with Crippen LogP contribution < -0.4 is 0 Å². The van der Waals surface area contributed by atoms with Gasteiger partial charge in [0.25, 0.3) is 0 Å². The van der Waals surface area contributed by atoms with E-state index in [1.807, 2.05) is 0 Å². The third kappa shape index (κ3) is 4.94. The molecule has 4 fully saturated rings. The topological polar surface area (TPSA) is 98.4 Å². The number of hydrogen-bond acceptors (Lipinski definition) is 6. The molecular formula is C19H31N3O6. The van der Waals surface area contributed by atoms with Crippen LogP contribution in [-0.4, -0.2) is 96.0 Å². The molecule has 4 amide bonds. The van der Waals surface area contributed by atoms with Crippen LogP contribution >= 0.6 is 0 Å². The van der Waals surface area contributed by atoms with Crippen molar-refractivity contribution in [2.45, 2.75) is 69.6 Å². The van der Waals surface area contributed by atoms with Crippen molar-refractivity contribution >= 4 is 12.1 Å². The number of carbonyl (C=O) groups is 2. The van der Waals surface area contributed by atoms with Crippen molar-refractivity contribution in [1.29, 1.82) is 0 Å². The molecule has 3 unspecified atom stereocenters. The summed E-state index contributed by atoms with van der Waals surface area (Å²) in [7, 11) is 0. The Balaban J connectivity index is 1.34. The van der Waals surface area contributed by atoms with E-state index in [-0.39, 0.29) is 18.3 Å². The predicted molar refractivity (Wildman–Crippen MR) is 98.5 cm³/mol. The molecule has 0 aromatic carbocycles. The summed E-state index contributed by atoms with van der Waals surface area (Å²) in [5.74, 6) is 0. The molecule has 9 heteroatoms. The first kappa shape index (κ1) is 19.9. The second-order valence-electron chi connectivity index (χ2n) is 8.07. The van der Waals surface area contributed by atoms with E-state index in [1.165, 1.54) is 14.7 Å². The molecule has 3 atom stereocenters. The first-order valence-electron chi connectivity index (χ1n) is 10.5. The Morgan fingerprint density at radius 3 is 1.68 bits per heavy atom. The van der Waals surface area contributed by atoms with Crippen LogP contribution in [0.25, 0.3) is 0 Å². The molecule has 9 nitrogen and oxygen atoms in total. The Bertz CT molecular complexity index is 526. The summed E-state index contributed by atoms with van der Waals surface area (Å²) in [4.78, 5) is 29.9. The van der Waals surface area contributed by atoms with Gasteiger partial charge >= 0.3 is 12.1 Å². The number of urea groups is 2. The average molecular weight is 397 g/mol. The van der Waals surface area contributed by atoms with Crippen LogP contribution in [0.5, 0.6) is 0 Å². The van der Waals surface area contributed by atoms with E-state index in [0.717, 1.165) is 58.3 Å². The normalized spacial score (nSPS) is 32.0. The number of carbonyl (C=O) groups excluding carboxylic acids is 2. The summed E-state index contributed by atoms with van der Waals surface area (Å²) in [5, 5.41) is 10.7. The maximum Gasteiger partial charge on any atom is 0.331 e. The fraction of sp³-hybridized carbons (Fsp3) is 0.895. The third-order valence-electron chi connectivity index (χ3n) is 5.87. The molecule has 1 N–H and O–H groups in total. The maximum atomic E-state index is 12.9. The molecule has 0 radical (unpaired) electrons. The zero-order chi connectivity index (χ0) is 19.5. The fourth-order valence-electron chi connectivity index (χ4n) is 3.81. The number of aliphatic hydroxyl groups excluding tert-OH is 1. The fourth-order valence-corrected chi connectivity index (χ4v) is 3.81. The lowest BCUT2D eigenvalue weighted by Crippen LogP contribution is -2.66. The number of ether oxygens (including phenoxy) is 3.